The number of hydrogen-bond acceptors (Lipinski definition) is 3. The van der Waals surface area contributed by atoms with Gasteiger partial charge in [0.25, 0.3) is 0 Å². The van der Waals surface area contributed by atoms with Gasteiger partial charge in [0.05, 0.1) is 6.61 Å². The molecular formula is C20H22BrNO2. The van der Waals surface area contributed by atoms with E-state index in [0.717, 1.165) is 27.9 Å². The van der Waals surface area contributed by atoms with Crippen molar-refractivity contribution in [2.24, 2.45) is 0 Å². The van der Waals surface area contributed by atoms with Crippen LogP contribution in [0.3, 0.4) is 0 Å². The standard InChI is InChI=1S/C20H22BrNO2/c21-18-11-16(13-22-9-5-2-6-10-22)19-17(12-18)14-23-20(24-19)15-7-3-1-4-8-15/h1,3-4,7-8,11-12,20H,2,5-6,9-10,13-14H2/t20-/m0/s1. The van der Waals surface area contributed by atoms with Crippen LogP contribution < -0.4 is 4.74 Å². The molecule has 0 amide bonds. The normalized spacial score (nSPS) is 21.1. The molecule has 2 aliphatic rings. The Kier molecular flexibility index (Phi) is 4.88. The van der Waals surface area contributed by atoms with Crippen LogP contribution in [-0.4, -0.2) is 18.0 Å². The Bertz CT molecular complexity index is 698. The fourth-order valence-electron chi connectivity index (χ4n) is 3.53. The predicted octanol–water partition coefficient (Wildman–Crippen LogP) is 5.04. The van der Waals surface area contributed by atoms with Crippen LogP contribution >= 0.6 is 15.9 Å². The van der Waals surface area contributed by atoms with Crippen molar-refractivity contribution >= 4 is 15.9 Å². The minimum Gasteiger partial charge on any atom is -0.460 e. The van der Waals surface area contributed by atoms with Gasteiger partial charge < -0.3 is 9.47 Å². The van der Waals surface area contributed by atoms with E-state index in [1.807, 2.05) is 18.2 Å². The van der Waals surface area contributed by atoms with Crippen molar-refractivity contribution in [2.75, 3.05) is 13.1 Å². The van der Waals surface area contributed by atoms with Gasteiger partial charge in [-0.2, -0.15) is 0 Å². The number of likely N-dealkylation sites (tertiary alicyclic amines) is 1. The molecular weight excluding hydrogens is 366 g/mol. The lowest BCUT2D eigenvalue weighted by Gasteiger charge is -2.31. The Hall–Kier alpha value is -1.36. The number of benzene rings is 2. The second-order valence-electron chi connectivity index (χ2n) is 6.56. The molecule has 24 heavy (non-hydrogen) atoms. The van der Waals surface area contributed by atoms with Gasteiger partial charge in [-0.15, -0.1) is 0 Å². The molecule has 0 spiro atoms. The maximum absolute atomic E-state index is 6.28. The quantitative estimate of drug-likeness (QED) is 0.735. The van der Waals surface area contributed by atoms with Crippen molar-refractivity contribution in [1.82, 2.24) is 4.90 Å². The smallest absolute Gasteiger partial charge is 0.227 e. The lowest BCUT2D eigenvalue weighted by molar-refractivity contribution is -0.112. The maximum Gasteiger partial charge on any atom is 0.227 e. The molecule has 0 aliphatic carbocycles. The zero-order valence-electron chi connectivity index (χ0n) is 13.7. The highest BCUT2D eigenvalue weighted by Gasteiger charge is 2.25. The summed E-state index contributed by atoms with van der Waals surface area (Å²) in [6.07, 6.45) is 3.63. The van der Waals surface area contributed by atoms with Gasteiger partial charge in [0.1, 0.15) is 5.75 Å². The average Bonchev–Trinajstić information content (AvgIpc) is 2.63. The predicted molar refractivity (Wildman–Crippen MR) is 97.9 cm³/mol. The van der Waals surface area contributed by atoms with Crippen LogP contribution in [0, 0.1) is 0 Å². The monoisotopic (exact) mass is 387 g/mol. The molecule has 2 aromatic carbocycles. The summed E-state index contributed by atoms with van der Waals surface area (Å²) in [7, 11) is 0. The topological polar surface area (TPSA) is 21.7 Å². The van der Waals surface area contributed by atoms with E-state index in [9.17, 15) is 0 Å². The van der Waals surface area contributed by atoms with Crippen LogP contribution in [0.1, 0.15) is 42.2 Å². The first-order valence-electron chi connectivity index (χ1n) is 8.66. The van der Waals surface area contributed by atoms with E-state index in [2.05, 4.69) is 45.1 Å². The molecule has 0 N–H and O–H groups in total. The van der Waals surface area contributed by atoms with Crippen molar-refractivity contribution in [3.63, 3.8) is 0 Å². The first kappa shape index (κ1) is 16.1. The van der Waals surface area contributed by atoms with Crippen molar-refractivity contribution in [2.45, 2.75) is 38.7 Å². The molecule has 1 fully saturated rings. The van der Waals surface area contributed by atoms with E-state index >= 15 is 0 Å². The molecule has 3 nitrogen and oxygen atoms in total. The Morgan fingerprint density at radius 3 is 2.62 bits per heavy atom. The van der Waals surface area contributed by atoms with Gasteiger partial charge in [0.2, 0.25) is 6.29 Å². The third-order valence-electron chi connectivity index (χ3n) is 4.74. The molecule has 2 aromatic rings. The maximum atomic E-state index is 6.28. The summed E-state index contributed by atoms with van der Waals surface area (Å²) in [4.78, 5) is 2.53. The minimum absolute atomic E-state index is 0.319. The molecule has 0 radical (unpaired) electrons. The molecule has 0 saturated carbocycles. The summed E-state index contributed by atoms with van der Waals surface area (Å²) >= 11 is 3.64. The molecule has 1 atom stereocenters. The van der Waals surface area contributed by atoms with Gasteiger partial charge in [-0.05, 0) is 38.1 Å². The van der Waals surface area contributed by atoms with Gasteiger partial charge >= 0.3 is 0 Å². The Balaban J connectivity index is 1.60. The second kappa shape index (κ2) is 7.26. The van der Waals surface area contributed by atoms with Gasteiger partial charge in [-0.1, -0.05) is 52.7 Å². The first-order valence-corrected chi connectivity index (χ1v) is 9.46. The van der Waals surface area contributed by atoms with Crippen LogP contribution in [0.25, 0.3) is 0 Å². The van der Waals surface area contributed by atoms with Crippen LogP contribution in [0.2, 0.25) is 0 Å². The number of rotatable bonds is 3. The highest BCUT2D eigenvalue weighted by molar-refractivity contribution is 9.10. The summed E-state index contributed by atoms with van der Waals surface area (Å²) in [5.41, 5.74) is 3.45. The highest BCUT2D eigenvalue weighted by atomic mass is 79.9. The lowest BCUT2D eigenvalue weighted by atomic mass is 10.1. The molecule has 0 aromatic heterocycles. The summed E-state index contributed by atoms with van der Waals surface area (Å²) < 4.78 is 13.3. The second-order valence-corrected chi connectivity index (χ2v) is 7.48. The van der Waals surface area contributed by atoms with E-state index in [1.165, 1.54) is 37.9 Å². The van der Waals surface area contributed by atoms with Crippen LogP contribution in [0.5, 0.6) is 5.75 Å². The zero-order valence-corrected chi connectivity index (χ0v) is 15.3. The summed E-state index contributed by atoms with van der Waals surface area (Å²) in [5, 5.41) is 0. The summed E-state index contributed by atoms with van der Waals surface area (Å²) in [6.45, 7) is 3.89. The number of fused-ring (bicyclic) bond motifs is 1. The number of hydrogen-bond donors (Lipinski definition) is 0. The van der Waals surface area contributed by atoms with E-state index in [4.69, 9.17) is 9.47 Å². The fourth-order valence-corrected chi connectivity index (χ4v) is 4.08. The number of halogens is 1. The Labute approximate surface area is 151 Å². The fraction of sp³-hybridized carbons (Fsp3) is 0.400. The van der Waals surface area contributed by atoms with Crippen molar-refractivity contribution in [1.29, 1.82) is 0 Å². The Morgan fingerprint density at radius 1 is 1.04 bits per heavy atom. The number of nitrogens with zero attached hydrogens (tertiary/aromatic N) is 1. The lowest BCUT2D eigenvalue weighted by Crippen LogP contribution is -2.30. The van der Waals surface area contributed by atoms with Gasteiger partial charge in [0.15, 0.2) is 0 Å². The molecule has 2 aliphatic heterocycles. The first-order chi connectivity index (χ1) is 11.8. The summed E-state index contributed by atoms with van der Waals surface area (Å²) in [6, 6.07) is 14.5. The van der Waals surface area contributed by atoms with Crippen LogP contribution in [0.4, 0.5) is 0 Å². The summed E-state index contributed by atoms with van der Waals surface area (Å²) in [5.74, 6) is 1.00. The number of ether oxygens (including phenoxy) is 2. The van der Waals surface area contributed by atoms with E-state index in [-0.39, 0.29) is 6.29 Å². The molecule has 0 unspecified atom stereocenters. The van der Waals surface area contributed by atoms with E-state index < -0.39 is 0 Å². The molecule has 126 valence electrons. The number of piperidine rings is 1. The van der Waals surface area contributed by atoms with Crippen LogP contribution in [-0.2, 0) is 17.9 Å². The van der Waals surface area contributed by atoms with E-state index in [0.29, 0.717) is 6.61 Å². The SMILES string of the molecule is Brc1cc2c(c(CN3CCCCC3)c1)O[C@@H](c1ccccc1)OC2. The largest absolute Gasteiger partial charge is 0.460 e. The molecule has 2 heterocycles. The van der Waals surface area contributed by atoms with Gasteiger partial charge in [-0.25, -0.2) is 0 Å². The van der Waals surface area contributed by atoms with Crippen LogP contribution in [0.15, 0.2) is 46.9 Å². The molecule has 4 heteroatoms. The van der Waals surface area contributed by atoms with Crippen molar-refractivity contribution < 1.29 is 9.47 Å². The van der Waals surface area contributed by atoms with Gasteiger partial charge in [-0.3, -0.25) is 4.90 Å². The van der Waals surface area contributed by atoms with E-state index in [1.54, 1.807) is 0 Å². The molecule has 1 saturated heterocycles. The zero-order chi connectivity index (χ0) is 16.4. The average molecular weight is 388 g/mol. The third-order valence-corrected chi connectivity index (χ3v) is 5.19. The minimum atomic E-state index is -0.319. The molecule has 4 rings (SSSR count). The molecule has 0 bridgehead atoms. The van der Waals surface area contributed by atoms with Crippen molar-refractivity contribution in [3.05, 3.63) is 63.6 Å². The van der Waals surface area contributed by atoms with Crippen molar-refractivity contribution in [3.8, 4) is 5.75 Å². The highest BCUT2D eigenvalue weighted by Crippen LogP contribution is 2.38. The third kappa shape index (κ3) is 3.51. The van der Waals surface area contributed by atoms with Gasteiger partial charge in [0, 0.05) is 27.7 Å². The Morgan fingerprint density at radius 2 is 1.83 bits per heavy atom.